The minimum absolute atomic E-state index is 0.0602. The highest BCUT2D eigenvalue weighted by Crippen LogP contribution is 2.28. The molecule has 0 aromatic heterocycles. The number of benzene rings is 1. The summed E-state index contributed by atoms with van der Waals surface area (Å²) in [5, 5.41) is 3.27. The van der Waals surface area contributed by atoms with Crippen LogP contribution in [0.4, 0.5) is 0 Å². The Bertz CT molecular complexity index is 532. The molecule has 0 aliphatic heterocycles. The lowest BCUT2D eigenvalue weighted by atomic mass is 9.88. The molecule has 1 aromatic carbocycles. The van der Waals surface area contributed by atoms with Gasteiger partial charge >= 0.3 is 0 Å². The van der Waals surface area contributed by atoms with E-state index in [1.54, 1.807) is 24.3 Å². The number of hydrogen-bond donors (Lipinski definition) is 1. The van der Waals surface area contributed by atoms with E-state index >= 15 is 0 Å². The zero-order valence-corrected chi connectivity index (χ0v) is 13.8. The summed E-state index contributed by atoms with van der Waals surface area (Å²) >= 11 is 0. The van der Waals surface area contributed by atoms with Crippen LogP contribution < -0.4 is 10.1 Å². The molecule has 5 heteroatoms. The van der Waals surface area contributed by atoms with E-state index in [-0.39, 0.29) is 22.1 Å². The Morgan fingerprint density at radius 2 is 1.85 bits per heavy atom. The molecule has 0 aliphatic carbocycles. The number of para-hydroxylation sites is 1. The maximum absolute atomic E-state index is 12.6. The summed E-state index contributed by atoms with van der Waals surface area (Å²) < 4.78 is 30.4. The molecule has 0 aliphatic rings. The second-order valence-corrected chi connectivity index (χ2v) is 7.91. The predicted octanol–water partition coefficient (Wildman–Crippen LogP) is 2.49. The van der Waals surface area contributed by atoms with Crippen molar-refractivity contribution < 1.29 is 13.2 Å². The van der Waals surface area contributed by atoms with Gasteiger partial charge < -0.3 is 10.1 Å². The van der Waals surface area contributed by atoms with E-state index in [1.807, 2.05) is 27.7 Å². The molecule has 1 N–H and O–H groups in total. The summed E-state index contributed by atoms with van der Waals surface area (Å²) in [6.45, 7) is 8.84. The monoisotopic (exact) mass is 299 g/mol. The van der Waals surface area contributed by atoms with Crippen molar-refractivity contribution in [2.24, 2.45) is 5.41 Å². The summed E-state index contributed by atoms with van der Waals surface area (Å²) in [6.07, 6.45) is 0. The van der Waals surface area contributed by atoms with Crippen molar-refractivity contribution in [2.45, 2.75) is 38.6 Å². The molecule has 1 aromatic rings. The molecule has 0 saturated heterocycles. The fourth-order valence-electron chi connectivity index (χ4n) is 2.05. The lowest BCUT2D eigenvalue weighted by molar-refractivity contribution is 0.292. The van der Waals surface area contributed by atoms with Crippen LogP contribution in [0.2, 0.25) is 0 Å². The molecule has 0 amide bonds. The molecule has 20 heavy (non-hydrogen) atoms. The predicted molar refractivity (Wildman–Crippen MR) is 82.0 cm³/mol. The molecule has 0 fully saturated rings. The largest absolute Gasteiger partial charge is 0.495 e. The average molecular weight is 299 g/mol. The van der Waals surface area contributed by atoms with Crippen molar-refractivity contribution in [3.63, 3.8) is 0 Å². The third-order valence-electron chi connectivity index (χ3n) is 3.29. The normalized spacial score (nSPS) is 14.1. The smallest absolute Gasteiger partial charge is 0.183 e. The van der Waals surface area contributed by atoms with Crippen LogP contribution in [0.15, 0.2) is 29.2 Å². The first kappa shape index (κ1) is 17.0. The Labute approximate surface area is 122 Å². The standard InChI is InChI=1S/C15H25NO3S/c1-6-16-14(15(2,3)4)11-20(17,18)13-10-8-7-9-12(13)19-5/h7-10,14,16H,6,11H2,1-5H3. The number of sulfone groups is 1. The Morgan fingerprint density at radius 1 is 1.25 bits per heavy atom. The van der Waals surface area contributed by atoms with Crippen LogP contribution in [-0.4, -0.2) is 33.9 Å². The van der Waals surface area contributed by atoms with Crippen molar-refractivity contribution in [3.05, 3.63) is 24.3 Å². The SMILES string of the molecule is CCNC(CS(=O)(=O)c1ccccc1OC)C(C)(C)C. The van der Waals surface area contributed by atoms with Gasteiger partial charge in [-0.05, 0) is 24.1 Å². The first-order valence-corrected chi connectivity index (χ1v) is 8.46. The molecule has 114 valence electrons. The Balaban J connectivity index is 3.10. The summed E-state index contributed by atoms with van der Waals surface area (Å²) in [4.78, 5) is 0.259. The van der Waals surface area contributed by atoms with Gasteiger partial charge in [0.2, 0.25) is 0 Å². The van der Waals surface area contributed by atoms with Gasteiger partial charge in [0.1, 0.15) is 10.6 Å². The van der Waals surface area contributed by atoms with E-state index in [0.717, 1.165) is 6.54 Å². The molecule has 4 nitrogen and oxygen atoms in total. The van der Waals surface area contributed by atoms with Crippen LogP contribution in [0.25, 0.3) is 0 Å². The van der Waals surface area contributed by atoms with E-state index < -0.39 is 9.84 Å². The highest BCUT2D eigenvalue weighted by molar-refractivity contribution is 7.91. The second-order valence-electron chi connectivity index (χ2n) is 5.91. The zero-order chi connectivity index (χ0) is 15.4. The van der Waals surface area contributed by atoms with Crippen molar-refractivity contribution in [1.82, 2.24) is 5.32 Å². The second kappa shape index (κ2) is 6.59. The molecule has 1 rings (SSSR count). The molecule has 0 bridgehead atoms. The summed E-state index contributed by atoms with van der Waals surface area (Å²) in [6, 6.07) is 6.65. The zero-order valence-electron chi connectivity index (χ0n) is 12.9. The van der Waals surface area contributed by atoms with Crippen LogP contribution in [0.5, 0.6) is 5.75 Å². The van der Waals surface area contributed by atoms with Crippen molar-refractivity contribution >= 4 is 9.84 Å². The van der Waals surface area contributed by atoms with Crippen molar-refractivity contribution in [3.8, 4) is 5.75 Å². The number of hydrogen-bond acceptors (Lipinski definition) is 4. The number of ether oxygens (including phenoxy) is 1. The van der Waals surface area contributed by atoms with Gasteiger partial charge in [-0.25, -0.2) is 8.42 Å². The molecule has 0 heterocycles. The van der Waals surface area contributed by atoms with E-state index in [9.17, 15) is 8.42 Å². The van der Waals surface area contributed by atoms with Crippen LogP contribution in [-0.2, 0) is 9.84 Å². The number of rotatable bonds is 6. The average Bonchev–Trinajstić information content (AvgIpc) is 2.37. The summed E-state index contributed by atoms with van der Waals surface area (Å²) in [7, 11) is -1.91. The summed E-state index contributed by atoms with van der Waals surface area (Å²) in [5.74, 6) is 0.460. The quantitative estimate of drug-likeness (QED) is 0.877. The molecule has 0 saturated carbocycles. The summed E-state index contributed by atoms with van der Waals surface area (Å²) in [5.41, 5.74) is -0.134. The maximum atomic E-state index is 12.6. The minimum Gasteiger partial charge on any atom is -0.495 e. The van der Waals surface area contributed by atoms with Gasteiger partial charge in [-0.3, -0.25) is 0 Å². The molecule has 0 radical (unpaired) electrons. The Morgan fingerprint density at radius 3 is 2.35 bits per heavy atom. The van der Waals surface area contributed by atoms with Gasteiger partial charge in [-0.15, -0.1) is 0 Å². The molecular formula is C15H25NO3S. The van der Waals surface area contributed by atoms with Crippen LogP contribution in [0.3, 0.4) is 0 Å². The molecular weight excluding hydrogens is 274 g/mol. The van der Waals surface area contributed by atoms with Crippen LogP contribution in [0, 0.1) is 5.41 Å². The first-order chi connectivity index (χ1) is 9.22. The minimum atomic E-state index is -3.40. The number of nitrogens with one attached hydrogen (secondary N) is 1. The van der Waals surface area contributed by atoms with Gasteiger partial charge in [0.05, 0.1) is 12.9 Å². The Hall–Kier alpha value is -1.07. The van der Waals surface area contributed by atoms with E-state index in [1.165, 1.54) is 7.11 Å². The maximum Gasteiger partial charge on any atom is 0.183 e. The third-order valence-corrected chi connectivity index (χ3v) is 5.07. The highest BCUT2D eigenvalue weighted by atomic mass is 32.2. The topological polar surface area (TPSA) is 55.4 Å². The van der Waals surface area contributed by atoms with Gasteiger partial charge in [0.15, 0.2) is 9.84 Å². The number of methoxy groups -OCH3 is 1. The lowest BCUT2D eigenvalue weighted by Crippen LogP contribution is -2.45. The van der Waals surface area contributed by atoms with Crippen LogP contribution >= 0.6 is 0 Å². The van der Waals surface area contributed by atoms with Crippen LogP contribution in [0.1, 0.15) is 27.7 Å². The van der Waals surface area contributed by atoms with Gasteiger partial charge in [-0.1, -0.05) is 39.8 Å². The fraction of sp³-hybridized carbons (Fsp3) is 0.600. The molecule has 1 atom stereocenters. The van der Waals surface area contributed by atoms with Gasteiger partial charge in [-0.2, -0.15) is 0 Å². The van der Waals surface area contributed by atoms with Gasteiger partial charge in [0, 0.05) is 6.04 Å². The fourth-order valence-corrected chi connectivity index (χ4v) is 4.03. The van der Waals surface area contributed by atoms with E-state index in [2.05, 4.69) is 5.32 Å². The highest BCUT2D eigenvalue weighted by Gasteiger charge is 2.31. The first-order valence-electron chi connectivity index (χ1n) is 6.81. The van der Waals surface area contributed by atoms with Crippen molar-refractivity contribution in [2.75, 3.05) is 19.4 Å². The lowest BCUT2D eigenvalue weighted by Gasteiger charge is -2.31. The van der Waals surface area contributed by atoms with E-state index in [0.29, 0.717) is 5.75 Å². The third kappa shape index (κ3) is 4.21. The molecule has 0 spiro atoms. The van der Waals surface area contributed by atoms with Gasteiger partial charge in [0.25, 0.3) is 0 Å². The Kier molecular flexibility index (Phi) is 5.59. The van der Waals surface area contributed by atoms with E-state index in [4.69, 9.17) is 4.74 Å². The van der Waals surface area contributed by atoms with Crippen molar-refractivity contribution in [1.29, 1.82) is 0 Å². The molecule has 1 unspecified atom stereocenters.